The van der Waals surface area contributed by atoms with Crippen molar-refractivity contribution in [2.24, 2.45) is 5.92 Å². The molecule has 0 radical (unpaired) electrons. The Morgan fingerprint density at radius 3 is 2.41 bits per heavy atom. The van der Waals surface area contributed by atoms with Crippen molar-refractivity contribution in [1.29, 1.82) is 0 Å². The second kappa shape index (κ2) is 8.71. The predicted octanol–water partition coefficient (Wildman–Crippen LogP) is 4.32. The van der Waals surface area contributed by atoms with Crippen molar-refractivity contribution in [3.05, 3.63) is 35.9 Å². The SMILES string of the molecule is CC(C)CCCN(CCBr)Cc1ccccc1. The zero-order chi connectivity index (χ0) is 12.5. The summed E-state index contributed by atoms with van der Waals surface area (Å²) in [5.41, 5.74) is 1.41. The van der Waals surface area contributed by atoms with Gasteiger partial charge in [0.05, 0.1) is 0 Å². The summed E-state index contributed by atoms with van der Waals surface area (Å²) in [6.07, 6.45) is 2.63. The summed E-state index contributed by atoms with van der Waals surface area (Å²) in [7, 11) is 0. The van der Waals surface area contributed by atoms with E-state index in [0.29, 0.717) is 0 Å². The van der Waals surface area contributed by atoms with E-state index in [4.69, 9.17) is 0 Å². The van der Waals surface area contributed by atoms with Crippen molar-refractivity contribution in [1.82, 2.24) is 4.90 Å². The lowest BCUT2D eigenvalue weighted by Crippen LogP contribution is -2.26. The van der Waals surface area contributed by atoms with Gasteiger partial charge in [0.2, 0.25) is 0 Å². The number of rotatable bonds is 8. The summed E-state index contributed by atoms with van der Waals surface area (Å²) in [5, 5.41) is 1.06. The first kappa shape index (κ1) is 14.7. The van der Waals surface area contributed by atoms with Crippen molar-refractivity contribution < 1.29 is 0 Å². The highest BCUT2D eigenvalue weighted by atomic mass is 79.9. The first-order valence-electron chi connectivity index (χ1n) is 6.54. The molecule has 1 rings (SSSR count). The first-order chi connectivity index (χ1) is 8.22. The van der Waals surface area contributed by atoms with E-state index >= 15 is 0 Å². The van der Waals surface area contributed by atoms with Crippen molar-refractivity contribution >= 4 is 15.9 Å². The molecule has 0 amide bonds. The number of hydrogen-bond acceptors (Lipinski definition) is 1. The average molecular weight is 298 g/mol. The Morgan fingerprint density at radius 2 is 1.82 bits per heavy atom. The number of halogens is 1. The summed E-state index contributed by atoms with van der Waals surface area (Å²) in [5.74, 6) is 0.817. The van der Waals surface area contributed by atoms with Crippen molar-refractivity contribution in [3.63, 3.8) is 0 Å². The molecule has 1 nitrogen and oxygen atoms in total. The minimum absolute atomic E-state index is 0.817. The first-order valence-corrected chi connectivity index (χ1v) is 7.66. The number of hydrogen-bond donors (Lipinski definition) is 0. The molecular weight excluding hydrogens is 274 g/mol. The molecule has 0 saturated heterocycles. The summed E-state index contributed by atoms with van der Waals surface area (Å²) in [4.78, 5) is 2.53. The molecule has 17 heavy (non-hydrogen) atoms. The molecule has 0 fully saturated rings. The lowest BCUT2D eigenvalue weighted by Gasteiger charge is -2.21. The van der Waals surface area contributed by atoms with Crippen LogP contribution in [0.4, 0.5) is 0 Å². The molecule has 96 valence electrons. The van der Waals surface area contributed by atoms with Crippen LogP contribution in [-0.2, 0) is 6.54 Å². The van der Waals surface area contributed by atoms with Crippen LogP contribution in [0.15, 0.2) is 30.3 Å². The van der Waals surface area contributed by atoms with E-state index in [9.17, 15) is 0 Å². The standard InChI is InChI=1S/C15H24BrN/c1-14(2)7-6-11-17(12-10-16)13-15-8-4-3-5-9-15/h3-5,8-9,14H,6-7,10-13H2,1-2H3. The van der Waals surface area contributed by atoms with E-state index in [2.05, 4.69) is 65.0 Å². The van der Waals surface area contributed by atoms with Gasteiger partial charge < -0.3 is 0 Å². The minimum Gasteiger partial charge on any atom is -0.298 e. The molecule has 0 aliphatic rings. The zero-order valence-corrected chi connectivity index (χ0v) is 12.6. The average Bonchev–Trinajstić information content (AvgIpc) is 2.30. The maximum Gasteiger partial charge on any atom is 0.0234 e. The normalized spacial score (nSPS) is 11.4. The minimum atomic E-state index is 0.817. The van der Waals surface area contributed by atoms with E-state index in [1.54, 1.807) is 0 Å². The largest absolute Gasteiger partial charge is 0.298 e. The number of alkyl halides is 1. The second-order valence-electron chi connectivity index (χ2n) is 4.99. The molecule has 0 aliphatic carbocycles. The molecule has 0 atom stereocenters. The summed E-state index contributed by atoms with van der Waals surface area (Å²) < 4.78 is 0. The highest BCUT2D eigenvalue weighted by molar-refractivity contribution is 9.09. The van der Waals surface area contributed by atoms with Gasteiger partial charge in [0.15, 0.2) is 0 Å². The van der Waals surface area contributed by atoms with Gasteiger partial charge in [-0.3, -0.25) is 4.90 Å². The highest BCUT2D eigenvalue weighted by Crippen LogP contribution is 2.09. The van der Waals surface area contributed by atoms with Gasteiger partial charge in [0.25, 0.3) is 0 Å². The van der Waals surface area contributed by atoms with Crippen LogP contribution in [0.5, 0.6) is 0 Å². The maximum absolute atomic E-state index is 3.54. The van der Waals surface area contributed by atoms with Crippen LogP contribution in [0.3, 0.4) is 0 Å². The van der Waals surface area contributed by atoms with Crippen molar-refractivity contribution in [3.8, 4) is 0 Å². The molecule has 0 heterocycles. The Balaban J connectivity index is 2.37. The number of benzene rings is 1. The van der Waals surface area contributed by atoms with Crippen LogP contribution >= 0.6 is 15.9 Å². The van der Waals surface area contributed by atoms with Gasteiger partial charge in [-0.2, -0.15) is 0 Å². The van der Waals surface area contributed by atoms with E-state index in [1.807, 2.05) is 0 Å². The Labute approximate surface area is 114 Å². The van der Waals surface area contributed by atoms with Crippen LogP contribution < -0.4 is 0 Å². The summed E-state index contributed by atoms with van der Waals surface area (Å²) in [6.45, 7) is 8.01. The second-order valence-corrected chi connectivity index (χ2v) is 5.78. The highest BCUT2D eigenvalue weighted by Gasteiger charge is 2.05. The Bertz CT molecular complexity index is 284. The van der Waals surface area contributed by atoms with Gasteiger partial charge >= 0.3 is 0 Å². The Kier molecular flexibility index (Phi) is 7.54. The fraction of sp³-hybridized carbons (Fsp3) is 0.600. The van der Waals surface area contributed by atoms with Crippen molar-refractivity contribution in [2.45, 2.75) is 33.2 Å². The quantitative estimate of drug-likeness (QED) is 0.646. The van der Waals surface area contributed by atoms with Crippen LogP contribution in [-0.4, -0.2) is 23.3 Å². The van der Waals surface area contributed by atoms with Gasteiger partial charge in [-0.15, -0.1) is 0 Å². The third-order valence-electron chi connectivity index (χ3n) is 2.91. The van der Waals surface area contributed by atoms with Gasteiger partial charge in [0.1, 0.15) is 0 Å². The molecule has 1 aromatic rings. The van der Waals surface area contributed by atoms with Crippen LogP contribution in [0.2, 0.25) is 0 Å². The Morgan fingerprint density at radius 1 is 1.12 bits per heavy atom. The van der Waals surface area contributed by atoms with Crippen LogP contribution in [0.25, 0.3) is 0 Å². The molecule has 0 aliphatic heterocycles. The molecule has 0 spiro atoms. The predicted molar refractivity (Wildman–Crippen MR) is 79.6 cm³/mol. The smallest absolute Gasteiger partial charge is 0.0234 e. The van der Waals surface area contributed by atoms with Crippen LogP contribution in [0.1, 0.15) is 32.3 Å². The van der Waals surface area contributed by atoms with E-state index < -0.39 is 0 Å². The summed E-state index contributed by atoms with van der Waals surface area (Å²) >= 11 is 3.54. The van der Waals surface area contributed by atoms with Gasteiger partial charge in [0, 0.05) is 18.4 Å². The molecule has 0 aromatic heterocycles. The van der Waals surface area contributed by atoms with Crippen LogP contribution in [0, 0.1) is 5.92 Å². The lowest BCUT2D eigenvalue weighted by atomic mass is 10.1. The monoisotopic (exact) mass is 297 g/mol. The fourth-order valence-corrected chi connectivity index (χ4v) is 2.46. The third-order valence-corrected chi connectivity index (χ3v) is 3.26. The zero-order valence-electron chi connectivity index (χ0n) is 11.0. The molecule has 2 heteroatoms. The third kappa shape index (κ3) is 6.85. The van der Waals surface area contributed by atoms with Crippen molar-refractivity contribution in [2.75, 3.05) is 18.4 Å². The van der Waals surface area contributed by atoms with E-state index in [1.165, 1.54) is 24.9 Å². The molecule has 0 bridgehead atoms. The molecule has 0 unspecified atom stereocenters. The fourth-order valence-electron chi connectivity index (χ4n) is 1.95. The maximum atomic E-state index is 3.54. The van der Waals surface area contributed by atoms with E-state index in [-0.39, 0.29) is 0 Å². The molecule has 0 N–H and O–H groups in total. The van der Waals surface area contributed by atoms with E-state index in [0.717, 1.165) is 24.3 Å². The summed E-state index contributed by atoms with van der Waals surface area (Å²) in [6, 6.07) is 10.7. The lowest BCUT2D eigenvalue weighted by molar-refractivity contribution is 0.271. The molecular formula is C15H24BrN. The Hall–Kier alpha value is -0.340. The van der Waals surface area contributed by atoms with Gasteiger partial charge in [-0.05, 0) is 30.9 Å². The van der Waals surface area contributed by atoms with Gasteiger partial charge in [-0.1, -0.05) is 60.1 Å². The topological polar surface area (TPSA) is 3.24 Å². The molecule has 1 aromatic carbocycles. The number of nitrogens with zero attached hydrogens (tertiary/aromatic N) is 1. The molecule has 0 saturated carbocycles. The van der Waals surface area contributed by atoms with Gasteiger partial charge in [-0.25, -0.2) is 0 Å².